The Morgan fingerprint density at radius 1 is 0.464 bits per heavy atom. The second-order valence-electron chi connectivity index (χ2n) is 28.9. The monoisotopic (exact) mass is 1720 g/mol. The van der Waals surface area contributed by atoms with Crippen molar-refractivity contribution in [2.45, 2.75) is 104 Å². The van der Waals surface area contributed by atoms with Crippen molar-refractivity contribution in [2.24, 2.45) is 10.2 Å². The van der Waals surface area contributed by atoms with E-state index in [9.17, 15) is 33.6 Å². The summed E-state index contributed by atoms with van der Waals surface area (Å²) in [6.07, 6.45) is 5.51. The molecule has 5 amide bonds. The third-order valence-electron chi connectivity index (χ3n) is 18.3. The van der Waals surface area contributed by atoms with Crippen molar-refractivity contribution >= 4 is 69.0 Å². The molecule has 6 aromatic carbocycles. The van der Waals surface area contributed by atoms with Crippen LogP contribution in [-0.2, 0) is 87.3 Å². The summed E-state index contributed by atoms with van der Waals surface area (Å²) in [5, 5.41) is 21.9. The molecule has 2 aromatic heterocycles. The first-order valence-electron chi connectivity index (χ1n) is 41.0. The minimum atomic E-state index is -0.733. The first kappa shape index (κ1) is 104. The molecule has 2 heterocycles. The van der Waals surface area contributed by atoms with Crippen LogP contribution in [0, 0.1) is 13.8 Å². The zero-order chi connectivity index (χ0) is 88.1. The van der Waals surface area contributed by atoms with Crippen LogP contribution in [0.25, 0.3) is 64.7 Å². The number of esters is 2. The van der Waals surface area contributed by atoms with E-state index in [1.54, 1.807) is 39.2 Å². The summed E-state index contributed by atoms with van der Waals surface area (Å²) in [5.74, 6) is -0.714. The average Bonchev–Trinajstić information content (AvgIpc) is 0.792. The summed E-state index contributed by atoms with van der Waals surface area (Å²) in [7, 11) is 2.58. The Morgan fingerprint density at radius 3 is 1.26 bits per heavy atom. The van der Waals surface area contributed by atoms with Gasteiger partial charge >= 0.3 is 36.9 Å². The number of carbonyl (C=O) groups is 7. The van der Waals surface area contributed by atoms with Gasteiger partial charge in [-0.05, 0) is 186 Å². The van der Waals surface area contributed by atoms with Gasteiger partial charge in [0.15, 0.2) is 0 Å². The van der Waals surface area contributed by atoms with Crippen LogP contribution in [0.5, 0.6) is 11.5 Å². The summed E-state index contributed by atoms with van der Waals surface area (Å²) in [5.41, 5.74) is 23.9. The molecule has 8 aromatic rings. The van der Waals surface area contributed by atoms with E-state index >= 15 is 0 Å². The number of nitrogens with zero attached hydrogens (tertiary/aromatic N) is 9. The minimum absolute atomic E-state index is 0. The molecule has 0 aliphatic rings. The van der Waals surface area contributed by atoms with E-state index in [4.69, 9.17) is 72.6 Å². The first-order valence-corrected chi connectivity index (χ1v) is 41.0. The quantitative estimate of drug-likeness (QED) is 0.00523. The predicted molar refractivity (Wildman–Crippen MR) is 466 cm³/mol. The van der Waals surface area contributed by atoms with Crippen molar-refractivity contribution in [3.63, 3.8) is 0 Å². The summed E-state index contributed by atoms with van der Waals surface area (Å²) >= 11 is 0. The number of amides is 5. The molecule has 0 saturated heterocycles. The van der Waals surface area contributed by atoms with Gasteiger partial charge < -0.3 is 88.3 Å². The smallest absolute Gasteiger partial charge is 0.870 e. The maximum Gasteiger partial charge on any atom is 1.00 e. The number of methoxy groups -OCH3 is 2. The molecular weight excluding hydrogens is 1610 g/mol. The molecule has 5 N–H and O–H groups in total. The second-order valence-corrected chi connectivity index (χ2v) is 28.9. The number of fused-ring (bicyclic) bond motifs is 2. The molecule has 0 fully saturated rings. The number of unbranched alkanes of at least 4 members (excludes halogenated alkanes) is 1. The Hall–Kier alpha value is -11.3. The van der Waals surface area contributed by atoms with E-state index in [0.29, 0.717) is 173 Å². The van der Waals surface area contributed by atoms with Crippen LogP contribution in [0.3, 0.4) is 0 Å². The SMILES string of the molecule is COC(=O)C[C@H](NC(=O)CNC(=O)CCCCc1cc(C)ccn1)c1ccc(-c2cc(OCCOCCOCCOCCOCCN=[N+]=[N-])cc3ccccc23)cc1.COC(=O)C[C@H](NC(=O)CNC(=O)CCCN(C(=O)OC(C)(C)C)c1cc(C)ccn1)c1ccc(-c2cc(OCCOCCOCCOCCOCCN=[N+]=[N-])cc3ccccc23)cc1.[Li+].[OH-]. The van der Waals surface area contributed by atoms with Gasteiger partial charge in [0.2, 0.25) is 23.6 Å². The Balaban J connectivity index is 0.000000439. The first-order chi connectivity index (χ1) is 59.7. The van der Waals surface area contributed by atoms with Gasteiger partial charge in [-0.25, -0.2) is 9.78 Å². The van der Waals surface area contributed by atoms with Crippen LogP contribution in [0.1, 0.15) is 106 Å². The maximum atomic E-state index is 13.1. The number of azide groups is 2. The molecule has 34 nitrogen and oxygen atoms in total. The number of rotatable bonds is 56. The molecule has 125 heavy (non-hydrogen) atoms. The van der Waals surface area contributed by atoms with Crippen molar-refractivity contribution in [2.75, 3.05) is 171 Å². The van der Waals surface area contributed by atoms with Gasteiger partial charge in [-0.2, -0.15) is 0 Å². The number of aryl methyl sites for hydroxylation is 3. The Kier molecular flexibility index (Phi) is 50.3. The zero-order valence-electron chi connectivity index (χ0n) is 72.7. The maximum absolute atomic E-state index is 13.1. The molecule has 668 valence electrons. The van der Waals surface area contributed by atoms with Crippen molar-refractivity contribution in [3.05, 3.63) is 207 Å². The topological polar surface area (TPSA) is 444 Å². The largest absolute Gasteiger partial charge is 1.00 e. The molecule has 0 bridgehead atoms. The second kappa shape index (κ2) is 60.3. The van der Waals surface area contributed by atoms with Gasteiger partial charge in [0.1, 0.15) is 36.1 Å². The third-order valence-corrected chi connectivity index (χ3v) is 18.3. The van der Waals surface area contributed by atoms with Crippen LogP contribution < -0.4 is 54.5 Å². The average molecular weight is 1720 g/mol. The normalized spacial score (nSPS) is 11.3. The number of hydrogen-bond donors (Lipinski definition) is 4. The zero-order valence-corrected chi connectivity index (χ0v) is 72.7. The van der Waals surface area contributed by atoms with Gasteiger partial charge in [0.05, 0.1) is 158 Å². The third kappa shape index (κ3) is 41.4. The number of hydrogen-bond acceptors (Lipinski definition) is 25. The van der Waals surface area contributed by atoms with Crippen LogP contribution in [-0.4, -0.2) is 229 Å². The predicted octanol–water partition coefficient (Wildman–Crippen LogP) is 10.1. The summed E-state index contributed by atoms with van der Waals surface area (Å²) in [6, 6.07) is 45.3. The molecule has 35 heteroatoms. The summed E-state index contributed by atoms with van der Waals surface area (Å²) < 4.78 is 71.5. The van der Waals surface area contributed by atoms with E-state index in [0.717, 1.165) is 73.5 Å². The summed E-state index contributed by atoms with van der Waals surface area (Å²) in [4.78, 5) is 105. The van der Waals surface area contributed by atoms with E-state index in [-0.39, 0.29) is 81.5 Å². The van der Waals surface area contributed by atoms with Crippen molar-refractivity contribution in [3.8, 4) is 33.8 Å². The fraction of sp³-hybridized carbons (Fsp3) is 0.456. The Labute approximate surface area is 741 Å². The van der Waals surface area contributed by atoms with E-state index in [2.05, 4.69) is 57.4 Å². The van der Waals surface area contributed by atoms with Gasteiger partial charge in [0.25, 0.3) is 0 Å². The van der Waals surface area contributed by atoms with Gasteiger partial charge in [-0.1, -0.05) is 107 Å². The number of anilines is 1. The summed E-state index contributed by atoms with van der Waals surface area (Å²) in [6.45, 7) is 16.7. The number of nitrogens with one attached hydrogen (secondary N) is 4. The molecular formula is C90H116LiN13O21. The molecule has 0 radical (unpaired) electrons. The van der Waals surface area contributed by atoms with Crippen LogP contribution in [0.15, 0.2) is 168 Å². The Morgan fingerprint density at radius 2 is 0.856 bits per heavy atom. The standard InChI is InChI=1S/C47H61N7O11.C43H54N6O9.Li.H2O/c1-34-16-17-49-42(29-34)54(46(58)65-47(2,3)4)19-8-11-43(55)50-33-44(56)52-41(32-45(57)59-5)36-14-12-35(13-15-36)40-31-38(30-37-9-6-7-10-39(37)40)64-28-27-63-26-25-62-24-23-61-22-21-60-20-18-51-53-48;1-32-15-16-45-36(27-32)8-4-6-10-41(50)46-31-42(51)48-40(30-43(52)53-2)34-13-11-33(12-14-34)39-29-37(28-35-7-3-5-9-38(35)39)58-26-25-57-24-23-56-22-21-55-20-19-54-18-17-47-49-44;;/h6-7,9-10,12-17,29-31,41H,8,11,18-28,32-33H2,1-5H3,(H,50,55)(H,52,56);3,5,7,9,11-16,27-29,40H,4,6,8,10,17-26,30-31H2,1-2H3,(H,46,50)(H,48,51);;1H2/q;;+1;/p-1/t41-;40-;;/m00../s1. The number of carbonyl (C=O) groups excluding carboxylic acids is 7. The fourth-order valence-electron chi connectivity index (χ4n) is 12.3. The molecule has 0 aliphatic carbocycles. The van der Waals surface area contributed by atoms with Gasteiger partial charge in [0, 0.05) is 60.4 Å². The van der Waals surface area contributed by atoms with Gasteiger partial charge in [-0.3, -0.25) is 38.7 Å². The van der Waals surface area contributed by atoms with Crippen molar-refractivity contribution < 1.29 is 119 Å². The molecule has 0 spiro atoms. The molecule has 0 saturated carbocycles. The van der Waals surface area contributed by atoms with E-state index in [1.165, 1.54) is 19.1 Å². The van der Waals surface area contributed by atoms with Crippen molar-refractivity contribution in [1.29, 1.82) is 0 Å². The number of aromatic nitrogens is 2. The molecule has 2 atom stereocenters. The molecule has 0 aliphatic heterocycles. The minimum Gasteiger partial charge on any atom is -0.870 e. The molecule has 8 rings (SSSR count). The van der Waals surface area contributed by atoms with Crippen LogP contribution >= 0.6 is 0 Å². The number of benzene rings is 6. The van der Waals surface area contributed by atoms with Gasteiger partial charge in [-0.15, -0.1) is 0 Å². The van der Waals surface area contributed by atoms with E-state index in [1.807, 2.05) is 147 Å². The number of ether oxygens (including phenoxy) is 13. The van der Waals surface area contributed by atoms with E-state index < -0.39 is 47.5 Å². The van der Waals surface area contributed by atoms with Crippen LogP contribution in [0.2, 0.25) is 0 Å². The number of pyridine rings is 2. The fourth-order valence-corrected chi connectivity index (χ4v) is 12.3. The Bertz CT molecular complexity index is 4690. The molecule has 0 unspecified atom stereocenters. The van der Waals surface area contributed by atoms with Crippen molar-refractivity contribution in [1.82, 2.24) is 31.2 Å². The van der Waals surface area contributed by atoms with Crippen LogP contribution in [0.4, 0.5) is 10.6 Å².